The molecule has 1 amide bonds. The van der Waals surface area contributed by atoms with Crippen molar-refractivity contribution in [2.75, 3.05) is 13.6 Å². The van der Waals surface area contributed by atoms with Crippen LogP contribution in [0.5, 0.6) is 0 Å². The third-order valence-corrected chi connectivity index (χ3v) is 4.48. The summed E-state index contributed by atoms with van der Waals surface area (Å²) in [7, 11) is 1.86. The van der Waals surface area contributed by atoms with Gasteiger partial charge < -0.3 is 4.90 Å². The van der Waals surface area contributed by atoms with Gasteiger partial charge in [0.15, 0.2) is 0 Å². The highest BCUT2D eigenvalue weighted by molar-refractivity contribution is 9.10. The van der Waals surface area contributed by atoms with E-state index in [1.165, 1.54) is 19.3 Å². The van der Waals surface area contributed by atoms with Gasteiger partial charge in [-0.3, -0.25) is 4.79 Å². The lowest BCUT2D eigenvalue weighted by Crippen LogP contribution is -2.34. The van der Waals surface area contributed by atoms with Crippen LogP contribution in [-0.4, -0.2) is 24.4 Å². The summed E-state index contributed by atoms with van der Waals surface area (Å²) in [5.74, 6) is 0.758. The maximum atomic E-state index is 12.1. The van der Waals surface area contributed by atoms with Crippen molar-refractivity contribution in [2.24, 2.45) is 5.92 Å². The van der Waals surface area contributed by atoms with Gasteiger partial charge in [0.05, 0.1) is 5.02 Å². The Kier molecular flexibility index (Phi) is 4.10. The Morgan fingerprint density at radius 3 is 2.76 bits per heavy atom. The summed E-state index contributed by atoms with van der Waals surface area (Å²) in [5.41, 5.74) is 0.683. The SMILES string of the molecule is CN(CC1CCC1)C(=O)c1ccc(Cl)c(Br)c1. The minimum absolute atomic E-state index is 0.0641. The predicted octanol–water partition coefficient (Wildman–Crippen LogP) is 3.97. The van der Waals surface area contributed by atoms with Gasteiger partial charge in [-0.1, -0.05) is 18.0 Å². The Hall–Kier alpha value is -0.540. The third-order valence-electron chi connectivity index (χ3n) is 3.27. The fourth-order valence-corrected chi connectivity index (χ4v) is 2.49. The zero-order chi connectivity index (χ0) is 12.4. The van der Waals surface area contributed by atoms with Crippen LogP contribution in [0.4, 0.5) is 0 Å². The van der Waals surface area contributed by atoms with Gasteiger partial charge in [-0.2, -0.15) is 0 Å². The van der Waals surface area contributed by atoms with Gasteiger partial charge in [0.2, 0.25) is 0 Å². The highest BCUT2D eigenvalue weighted by atomic mass is 79.9. The molecule has 1 saturated carbocycles. The third kappa shape index (κ3) is 3.02. The summed E-state index contributed by atoms with van der Waals surface area (Å²) < 4.78 is 0.766. The average Bonchev–Trinajstić information content (AvgIpc) is 2.26. The number of halogens is 2. The van der Waals surface area contributed by atoms with E-state index in [9.17, 15) is 4.79 Å². The lowest BCUT2D eigenvalue weighted by molar-refractivity contribution is 0.0745. The fourth-order valence-electron chi connectivity index (χ4n) is 2.00. The molecule has 1 aromatic rings. The first-order valence-corrected chi connectivity index (χ1v) is 6.95. The van der Waals surface area contributed by atoms with E-state index in [1.807, 2.05) is 7.05 Å². The van der Waals surface area contributed by atoms with Crippen LogP contribution in [0.1, 0.15) is 29.6 Å². The quantitative estimate of drug-likeness (QED) is 0.826. The van der Waals surface area contributed by atoms with Crippen LogP contribution < -0.4 is 0 Å². The molecule has 2 rings (SSSR count). The molecule has 1 aliphatic rings. The van der Waals surface area contributed by atoms with Crippen molar-refractivity contribution >= 4 is 33.4 Å². The lowest BCUT2D eigenvalue weighted by Gasteiger charge is -2.30. The summed E-state index contributed by atoms with van der Waals surface area (Å²) in [4.78, 5) is 14.0. The second-order valence-electron chi connectivity index (χ2n) is 4.61. The zero-order valence-corrected chi connectivity index (χ0v) is 12.1. The number of hydrogen-bond acceptors (Lipinski definition) is 1. The van der Waals surface area contributed by atoms with Crippen LogP contribution in [-0.2, 0) is 0 Å². The van der Waals surface area contributed by atoms with Gasteiger partial charge in [-0.25, -0.2) is 0 Å². The number of nitrogens with zero attached hydrogens (tertiary/aromatic N) is 1. The van der Waals surface area contributed by atoms with E-state index in [-0.39, 0.29) is 5.91 Å². The molecule has 0 aliphatic heterocycles. The van der Waals surface area contributed by atoms with Crippen molar-refractivity contribution in [1.29, 1.82) is 0 Å². The van der Waals surface area contributed by atoms with E-state index < -0.39 is 0 Å². The van der Waals surface area contributed by atoms with E-state index in [0.29, 0.717) is 16.5 Å². The van der Waals surface area contributed by atoms with Crippen molar-refractivity contribution in [3.05, 3.63) is 33.3 Å². The standard InChI is InChI=1S/C13H15BrClNO/c1-16(8-9-3-2-4-9)13(17)10-5-6-12(15)11(14)7-10/h5-7,9H,2-4,8H2,1H3. The number of hydrogen-bond donors (Lipinski definition) is 0. The first-order valence-electron chi connectivity index (χ1n) is 5.78. The molecule has 0 N–H and O–H groups in total. The van der Waals surface area contributed by atoms with E-state index in [0.717, 1.165) is 11.0 Å². The van der Waals surface area contributed by atoms with Gasteiger partial charge in [-0.15, -0.1) is 0 Å². The molecule has 0 unspecified atom stereocenters. The van der Waals surface area contributed by atoms with E-state index in [2.05, 4.69) is 15.9 Å². The molecule has 0 radical (unpaired) electrons. The Morgan fingerprint density at radius 1 is 1.53 bits per heavy atom. The summed E-state index contributed by atoms with van der Waals surface area (Å²) >= 11 is 9.25. The Bertz CT molecular complexity index is 431. The van der Waals surface area contributed by atoms with Gasteiger partial charge in [-0.05, 0) is 52.9 Å². The Labute approximate surface area is 115 Å². The molecule has 4 heteroatoms. The van der Waals surface area contributed by atoms with E-state index in [4.69, 9.17) is 11.6 Å². The van der Waals surface area contributed by atoms with Crippen molar-refractivity contribution in [3.8, 4) is 0 Å². The predicted molar refractivity (Wildman–Crippen MR) is 73.5 cm³/mol. The van der Waals surface area contributed by atoms with Crippen molar-refractivity contribution < 1.29 is 4.79 Å². The highest BCUT2D eigenvalue weighted by Gasteiger charge is 2.22. The number of carbonyl (C=O) groups excluding carboxylic acids is 1. The molecule has 1 fully saturated rings. The van der Waals surface area contributed by atoms with Crippen LogP contribution in [0.3, 0.4) is 0 Å². The molecular formula is C13H15BrClNO. The smallest absolute Gasteiger partial charge is 0.253 e. The minimum atomic E-state index is 0.0641. The van der Waals surface area contributed by atoms with Crippen molar-refractivity contribution in [2.45, 2.75) is 19.3 Å². The largest absolute Gasteiger partial charge is 0.341 e. The Balaban J connectivity index is 2.04. The summed E-state index contributed by atoms with van der Waals surface area (Å²) in [6, 6.07) is 5.30. The lowest BCUT2D eigenvalue weighted by atomic mass is 9.85. The van der Waals surface area contributed by atoms with Crippen molar-refractivity contribution in [3.63, 3.8) is 0 Å². The second-order valence-corrected chi connectivity index (χ2v) is 5.87. The maximum Gasteiger partial charge on any atom is 0.253 e. The first kappa shape index (κ1) is 12.9. The number of amides is 1. The van der Waals surface area contributed by atoms with Gasteiger partial charge in [0, 0.05) is 23.6 Å². The van der Waals surface area contributed by atoms with Crippen LogP contribution in [0.25, 0.3) is 0 Å². The molecular weight excluding hydrogens is 302 g/mol. The maximum absolute atomic E-state index is 12.1. The molecule has 0 bridgehead atoms. The molecule has 1 aliphatic carbocycles. The molecule has 17 heavy (non-hydrogen) atoms. The summed E-state index contributed by atoms with van der Waals surface area (Å²) in [5, 5.41) is 0.628. The van der Waals surface area contributed by atoms with Crippen LogP contribution in [0.15, 0.2) is 22.7 Å². The molecule has 0 saturated heterocycles. The number of benzene rings is 1. The number of rotatable bonds is 3. The summed E-state index contributed by atoms with van der Waals surface area (Å²) in [6.07, 6.45) is 3.81. The molecule has 92 valence electrons. The van der Waals surface area contributed by atoms with Crippen LogP contribution >= 0.6 is 27.5 Å². The van der Waals surface area contributed by atoms with Crippen LogP contribution in [0, 0.1) is 5.92 Å². The second kappa shape index (κ2) is 5.40. The minimum Gasteiger partial charge on any atom is -0.341 e. The Morgan fingerprint density at radius 2 is 2.24 bits per heavy atom. The monoisotopic (exact) mass is 315 g/mol. The van der Waals surface area contributed by atoms with Gasteiger partial charge >= 0.3 is 0 Å². The van der Waals surface area contributed by atoms with Crippen LogP contribution in [0.2, 0.25) is 5.02 Å². The zero-order valence-electron chi connectivity index (χ0n) is 9.75. The molecule has 0 atom stereocenters. The average molecular weight is 317 g/mol. The summed E-state index contributed by atoms with van der Waals surface area (Å²) in [6.45, 7) is 0.860. The molecule has 0 heterocycles. The number of carbonyl (C=O) groups is 1. The van der Waals surface area contributed by atoms with E-state index in [1.54, 1.807) is 23.1 Å². The molecule has 2 nitrogen and oxygen atoms in total. The van der Waals surface area contributed by atoms with Crippen molar-refractivity contribution in [1.82, 2.24) is 4.90 Å². The molecule has 0 aromatic heterocycles. The molecule has 1 aromatic carbocycles. The van der Waals surface area contributed by atoms with Gasteiger partial charge in [0.1, 0.15) is 0 Å². The molecule has 0 spiro atoms. The fraction of sp³-hybridized carbons (Fsp3) is 0.462. The normalized spacial score (nSPS) is 15.5. The van der Waals surface area contributed by atoms with Gasteiger partial charge in [0.25, 0.3) is 5.91 Å². The topological polar surface area (TPSA) is 20.3 Å². The first-order chi connectivity index (χ1) is 8.08. The highest BCUT2D eigenvalue weighted by Crippen LogP contribution is 2.28. The van der Waals surface area contributed by atoms with E-state index >= 15 is 0 Å².